The van der Waals surface area contributed by atoms with Gasteiger partial charge in [0.2, 0.25) is 0 Å². The predicted octanol–water partition coefficient (Wildman–Crippen LogP) is 3.54. The van der Waals surface area contributed by atoms with Gasteiger partial charge in [0.1, 0.15) is 0 Å². The highest BCUT2D eigenvalue weighted by Crippen LogP contribution is 2.30. The van der Waals surface area contributed by atoms with E-state index >= 15 is 0 Å². The van der Waals surface area contributed by atoms with Crippen LogP contribution in [0, 0.1) is 0 Å². The number of rotatable bonds is 4. The van der Waals surface area contributed by atoms with E-state index in [4.69, 9.17) is 4.74 Å². The molecule has 0 amide bonds. The van der Waals surface area contributed by atoms with Crippen molar-refractivity contribution < 1.29 is 4.74 Å². The summed E-state index contributed by atoms with van der Waals surface area (Å²) in [6, 6.07) is 1.78. The minimum atomic E-state index is -0.382. The highest BCUT2D eigenvalue weighted by molar-refractivity contribution is 5.81. The second-order valence-corrected chi connectivity index (χ2v) is 4.42. The van der Waals surface area contributed by atoms with E-state index in [9.17, 15) is 4.79 Å². The van der Waals surface area contributed by atoms with Crippen LogP contribution in [0.25, 0.3) is 23.3 Å². The summed E-state index contributed by atoms with van der Waals surface area (Å²) in [5.74, 6) is 0.208. The summed E-state index contributed by atoms with van der Waals surface area (Å²) >= 11 is 0. The molecule has 0 fully saturated rings. The fraction of sp³-hybridized carbons (Fsp3) is 0.235. The van der Waals surface area contributed by atoms with Gasteiger partial charge >= 0.3 is 5.56 Å². The summed E-state index contributed by atoms with van der Waals surface area (Å²) < 4.78 is 5.14. The molecule has 0 aliphatic heterocycles. The Balaban J connectivity index is 0.000000745. The molecule has 0 aliphatic rings. The Hall–Kier alpha value is -2.69. The SMILES string of the molecule is C=Cc1nccc(-c2cn[nH]c(=O)c2OC)c1C=C.CCC. The van der Waals surface area contributed by atoms with Gasteiger partial charge in [-0.25, -0.2) is 5.10 Å². The monoisotopic (exact) mass is 299 g/mol. The van der Waals surface area contributed by atoms with Crippen LogP contribution in [0.5, 0.6) is 5.75 Å². The van der Waals surface area contributed by atoms with Crippen molar-refractivity contribution in [2.45, 2.75) is 20.3 Å². The molecule has 22 heavy (non-hydrogen) atoms. The van der Waals surface area contributed by atoms with E-state index in [2.05, 4.69) is 42.2 Å². The number of pyridine rings is 1. The van der Waals surface area contributed by atoms with Gasteiger partial charge in [-0.2, -0.15) is 5.10 Å². The number of aromatic nitrogens is 3. The van der Waals surface area contributed by atoms with Crippen molar-refractivity contribution in [3.8, 4) is 16.9 Å². The minimum absolute atomic E-state index is 0.208. The van der Waals surface area contributed by atoms with Gasteiger partial charge in [0.15, 0.2) is 5.75 Å². The molecule has 0 radical (unpaired) electrons. The fourth-order valence-electron chi connectivity index (χ4n) is 1.88. The molecule has 0 spiro atoms. The van der Waals surface area contributed by atoms with E-state index in [-0.39, 0.29) is 11.3 Å². The van der Waals surface area contributed by atoms with Gasteiger partial charge in [-0.05, 0) is 17.7 Å². The fourth-order valence-corrected chi connectivity index (χ4v) is 1.88. The molecular formula is C17H21N3O2. The molecule has 116 valence electrons. The van der Waals surface area contributed by atoms with Gasteiger partial charge in [-0.15, -0.1) is 0 Å². The van der Waals surface area contributed by atoms with Gasteiger partial charge in [-0.1, -0.05) is 39.5 Å². The third kappa shape index (κ3) is 3.69. The average molecular weight is 299 g/mol. The molecule has 2 heterocycles. The van der Waals surface area contributed by atoms with Crippen LogP contribution in [-0.4, -0.2) is 22.3 Å². The number of methoxy groups -OCH3 is 1. The van der Waals surface area contributed by atoms with Crippen molar-refractivity contribution in [2.24, 2.45) is 0 Å². The van der Waals surface area contributed by atoms with Crippen LogP contribution in [0.1, 0.15) is 31.5 Å². The maximum atomic E-state index is 11.7. The molecule has 0 atom stereocenters. The van der Waals surface area contributed by atoms with Crippen LogP contribution in [0.3, 0.4) is 0 Å². The van der Waals surface area contributed by atoms with E-state index in [0.717, 1.165) is 11.1 Å². The molecule has 0 unspecified atom stereocenters. The lowest BCUT2D eigenvalue weighted by Gasteiger charge is -2.11. The first-order valence-corrected chi connectivity index (χ1v) is 7.00. The average Bonchev–Trinajstić information content (AvgIpc) is 2.54. The topological polar surface area (TPSA) is 67.9 Å². The van der Waals surface area contributed by atoms with Gasteiger partial charge in [0, 0.05) is 11.8 Å². The van der Waals surface area contributed by atoms with Gasteiger partial charge < -0.3 is 4.74 Å². The molecule has 0 saturated heterocycles. The molecule has 2 aromatic rings. The van der Waals surface area contributed by atoms with E-state index in [0.29, 0.717) is 11.3 Å². The molecule has 2 aromatic heterocycles. The van der Waals surface area contributed by atoms with Crippen molar-refractivity contribution >= 4 is 12.2 Å². The molecule has 0 aliphatic carbocycles. The number of aromatic amines is 1. The van der Waals surface area contributed by atoms with E-state index in [1.807, 2.05) is 0 Å². The second-order valence-electron chi connectivity index (χ2n) is 4.42. The maximum Gasteiger partial charge on any atom is 0.307 e. The number of nitrogens with one attached hydrogen (secondary N) is 1. The number of H-pyrrole nitrogens is 1. The quantitative estimate of drug-likeness (QED) is 0.937. The lowest BCUT2D eigenvalue weighted by molar-refractivity contribution is 0.408. The number of ether oxygens (including phenoxy) is 1. The molecule has 2 rings (SSSR count). The summed E-state index contributed by atoms with van der Waals surface area (Å²) in [7, 11) is 1.44. The summed E-state index contributed by atoms with van der Waals surface area (Å²) in [5, 5.41) is 6.14. The minimum Gasteiger partial charge on any atom is -0.491 e. The third-order valence-electron chi connectivity index (χ3n) is 2.72. The first-order valence-electron chi connectivity index (χ1n) is 7.00. The lowest BCUT2D eigenvalue weighted by Crippen LogP contribution is -2.12. The summed E-state index contributed by atoms with van der Waals surface area (Å²) in [6.45, 7) is 11.7. The molecule has 1 N–H and O–H groups in total. The molecule has 0 bridgehead atoms. The molecule has 5 heteroatoms. The highest BCUT2D eigenvalue weighted by atomic mass is 16.5. The Morgan fingerprint density at radius 1 is 1.27 bits per heavy atom. The standard InChI is InChI=1S/C14H13N3O2.C3H8/c1-4-9-10(6-7-15-12(9)5-2)11-8-16-17-14(18)13(11)19-3;1-3-2/h4-8H,1-2H2,3H3,(H,17,18);3H2,1-2H3. The molecule has 0 saturated carbocycles. The zero-order valence-corrected chi connectivity index (χ0v) is 13.2. The molecule has 0 aromatic carbocycles. The van der Waals surface area contributed by atoms with Crippen LogP contribution >= 0.6 is 0 Å². The van der Waals surface area contributed by atoms with Crippen molar-refractivity contribution in [2.75, 3.05) is 7.11 Å². The Kier molecular flexibility index (Phi) is 6.76. The molecular weight excluding hydrogens is 278 g/mol. The largest absolute Gasteiger partial charge is 0.491 e. The number of hydrogen-bond acceptors (Lipinski definition) is 4. The van der Waals surface area contributed by atoms with Crippen molar-refractivity contribution in [3.63, 3.8) is 0 Å². The lowest BCUT2D eigenvalue weighted by atomic mass is 10.00. The van der Waals surface area contributed by atoms with Gasteiger partial charge in [0.05, 0.1) is 24.6 Å². The van der Waals surface area contributed by atoms with Crippen LogP contribution in [0.2, 0.25) is 0 Å². The normalized spacial score (nSPS) is 9.41. The van der Waals surface area contributed by atoms with Crippen molar-refractivity contribution in [3.05, 3.63) is 53.2 Å². The zero-order valence-electron chi connectivity index (χ0n) is 13.2. The smallest absolute Gasteiger partial charge is 0.307 e. The van der Waals surface area contributed by atoms with Crippen LogP contribution in [-0.2, 0) is 0 Å². The zero-order chi connectivity index (χ0) is 16.5. The molecule has 5 nitrogen and oxygen atoms in total. The van der Waals surface area contributed by atoms with Gasteiger partial charge in [0.25, 0.3) is 0 Å². The highest BCUT2D eigenvalue weighted by Gasteiger charge is 2.14. The first-order chi connectivity index (χ1) is 10.6. The Bertz CT molecular complexity index is 705. The number of nitrogens with zero attached hydrogens (tertiary/aromatic N) is 2. The van der Waals surface area contributed by atoms with E-state index in [1.165, 1.54) is 19.7 Å². The van der Waals surface area contributed by atoms with Crippen molar-refractivity contribution in [1.29, 1.82) is 0 Å². The van der Waals surface area contributed by atoms with E-state index < -0.39 is 0 Å². The van der Waals surface area contributed by atoms with Crippen LogP contribution < -0.4 is 10.3 Å². The van der Waals surface area contributed by atoms with Gasteiger partial charge in [-0.3, -0.25) is 9.78 Å². The summed E-state index contributed by atoms with van der Waals surface area (Å²) in [4.78, 5) is 15.9. The number of hydrogen-bond donors (Lipinski definition) is 1. The third-order valence-corrected chi connectivity index (χ3v) is 2.72. The predicted molar refractivity (Wildman–Crippen MR) is 90.8 cm³/mol. The Labute approximate surface area is 130 Å². The van der Waals surface area contributed by atoms with E-state index in [1.54, 1.807) is 24.4 Å². The second kappa shape index (κ2) is 8.56. The first kappa shape index (κ1) is 17.4. The van der Waals surface area contributed by atoms with Crippen LogP contribution in [0.15, 0.2) is 36.4 Å². The summed E-state index contributed by atoms with van der Waals surface area (Å²) in [6.07, 6.45) is 7.73. The van der Waals surface area contributed by atoms with Crippen LogP contribution in [0.4, 0.5) is 0 Å². The Morgan fingerprint density at radius 2 is 1.95 bits per heavy atom. The Morgan fingerprint density at radius 3 is 2.50 bits per heavy atom. The maximum absolute atomic E-state index is 11.7. The van der Waals surface area contributed by atoms with Crippen molar-refractivity contribution in [1.82, 2.24) is 15.2 Å². The summed E-state index contributed by atoms with van der Waals surface area (Å²) in [5.41, 5.74) is 2.45.